The van der Waals surface area contributed by atoms with E-state index in [0.717, 1.165) is 0 Å². The topological polar surface area (TPSA) is 3.24 Å². The van der Waals surface area contributed by atoms with Crippen LogP contribution in [0.3, 0.4) is 0 Å². The fourth-order valence-corrected chi connectivity index (χ4v) is 6.68. The molecular weight excluding hydrogens is 221 g/mol. The lowest BCUT2D eigenvalue weighted by Gasteiger charge is -2.21. The molecule has 1 saturated heterocycles. The minimum atomic E-state index is -0.240. The third kappa shape index (κ3) is 7.50. The SMILES string of the molecule is CCCN(CCC)CCC[CH2][Al]1[CH2]CCC[CH2]1. The molecule has 0 aliphatic carbocycles. The summed E-state index contributed by atoms with van der Waals surface area (Å²) in [5.41, 5.74) is 0. The number of hydrogen-bond acceptors (Lipinski definition) is 1. The predicted molar refractivity (Wildman–Crippen MR) is 80.3 cm³/mol. The summed E-state index contributed by atoms with van der Waals surface area (Å²) in [4.78, 5) is 2.67. The molecule has 0 unspecified atom stereocenters. The maximum Gasteiger partial charge on any atom is 0.261 e. The molecule has 17 heavy (non-hydrogen) atoms. The van der Waals surface area contributed by atoms with E-state index in [1.807, 2.05) is 0 Å². The van der Waals surface area contributed by atoms with Crippen LogP contribution in [0.5, 0.6) is 0 Å². The molecule has 1 aliphatic heterocycles. The second-order valence-electron chi connectivity index (χ2n) is 5.84. The minimum absolute atomic E-state index is 0.240. The normalized spacial score (nSPS) is 16.8. The molecule has 1 aliphatic rings. The molecule has 0 aromatic rings. The molecule has 0 saturated carbocycles. The third-order valence-corrected chi connectivity index (χ3v) is 7.82. The van der Waals surface area contributed by atoms with Gasteiger partial charge in [-0.3, -0.25) is 0 Å². The van der Waals surface area contributed by atoms with Gasteiger partial charge in [0, 0.05) is 0 Å². The van der Waals surface area contributed by atoms with Gasteiger partial charge in [-0.2, -0.15) is 0 Å². The van der Waals surface area contributed by atoms with Crippen molar-refractivity contribution in [2.24, 2.45) is 0 Å². The van der Waals surface area contributed by atoms with Crippen molar-refractivity contribution in [1.82, 2.24) is 4.90 Å². The highest BCUT2D eigenvalue weighted by Gasteiger charge is 2.19. The highest BCUT2D eigenvalue weighted by atomic mass is 27.2. The first-order chi connectivity index (χ1) is 8.36. The number of rotatable bonds is 9. The molecule has 2 heteroatoms. The standard InChI is InChI=1S/C10H22N.C5H10.Al/c1-4-7-10-11(8-5-2)9-6-3;1-3-5-4-2;/h1,4-10H2,2-3H3;1-5H2;. The van der Waals surface area contributed by atoms with Crippen LogP contribution in [-0.2, 0) is 0 Å². The van der Waals surface area contributed by atoms with Crippen LogP contribution in [0.25, 0.3) is 0 Å². The zero-order valence-electron chi connectivity index (χ0n) is 12.2. The van der Waals surface area contributed by atoms with Gasteiger partial charge in [0.25, 0.3) is 14.1 Å². The Morgan fingerprint density at radius 2 is 1.47 bits per heavy atom. The van der Waals surface area contributed by atoms with Gasteiger partial charge < -0.3 is 4.90 Å². The first-order valence-corrected chi connectivity index (χ1v) is 10.5. The predicted octanol–water partition coefficient (Wildman–Crippen LogP) is 4.57. The first kappa shape index (κ1) is 15.5. The Morgan fingerprint density at radius 1 is 0.824 bits per heavy atom. The van der Waals surface area contributed by atoms with Crippen molar-refractivity contribution in [3.05, 3.63) is 0 Å². The summed E-state index contributed by atoms with van der Waals surface area (Å²) in [6.45, 7) is 8.60. The first-order valence-electron chi connectivity index (χ1n) is 8.09. The molecule has 0 N–H and O–H groups in total. The third-order valence-electron chi connectivity index (χ3n) is 4.14. The highest BCUT2D eigenvalue weighted by Crippen LogP contribution is 2.22. The molecule has 0 amide bonds. The molecule has 0 spiro atoms. The Labute approximate surface area is 113 Å². The lowest BCUT2D eigenvalue weighted by Crippen LogP contribution is -2.26. The van der Waals surface area contributed by atoms with Crippen molar-refractivity contribution in [2.45, 2.75) is 74.6 Å². The van der Waals surface area contributed by atoms with E-state index in [1.54, 1.807) is 28.7 Å². The molecule has 0 bridgehead atoms. The summed E-state index contributed by atoms with van der Waals surface area (Å²) < 4.78 is 0. The van der Waals surface area contributed by atoms with Crippen LogP contribution in [0.4, 0.5) is 0 Å². The Balaban J connectivity index is 2.00. The average Bonchev–Trinajstić information content (AvgIpc) is 2.36. The summed E-state index contributed by atoms with van der Waals surface area (Å²) >= 11 is -0.240. The van der Waals surface area contributed by atoms with Crippen LogP contribution in [0.1, 0.15) is 58.8 Å². The number of unbranched alkanes of at least 4 members (excludes halogenated alkanes) is 1. The summed E-state index contributed by atoms with van der Waals surface area (Å²) in [6.07, 6.45) is 10.3. The summed E-state index contributed by atoms with van der Waals surface area (Å²) in [6, 6.07) is 0. The molecule has 0 aromatic heterocycles. The summed E-state index contributed by atoms with van der Waals surface area (Å²) in [5.74, 6) is 0. The minimum Gasteiger partial charge on any atom is -0.303 e. The smallest absolute Gasteiger partial charge is 0.261 e. The zero-order chi connectivity index (χ0) is 12.3. The van der Waals surface area contributed by atoms with Gasteiger partial charge in [-0.25, -0.2) is 0 Å². The Hall–Kier alpha value is 0.492. The zero-order valence-corrected chi connectivity index (χ0v) is 13.4. The van der Waals surface area contributed by atoms with Crippen molar-refractivity contribution >= 4 is 14.1 Å². The quantitative estimate of drug-likeness (QED) is 0.430. The second kappa shape index (κ2) is 10.4. The van der Waals surface area contributed by atoms with E-state index >= 15 is 0 Å². The molecule has 1 rings (SSSR count). The van der Waals surface area contributed by atoms with Crippen molar-refractivity contribution in [1.29, 1.82) is 0 Å². The monoisotopic (exact) mass is 253 g/mol. The van der Waals surface area contributed by atoms with Gasteiger partial charge in [0.05, 0.1) is 0 Å². The molecule has 0 atom stereocenters. The molecule has 0 aromatic carbocycles. The molecule has 1 fully saturated rings. The van der Waals surface area contributed by atoms with Crippen LogP contribution in [0.2, 0.25) is 15.8 Å². The van der Waals surface area contributed by atoms with Crippen molar-refractivity contribution < 1.29 is 0 Å². The van der Waals surface area contributed by atoms with Gasteiger partial charge >= 0.3 is 0 Å². The molecule has 1 heterocycles. The lowest BCUT2D eigenvalue weighted by atomic mass is 10.2. The van der Waals surface area contributed by atoms with Crippen LogP contribution in [0, 0.1) is 0 Å². The second-order valence-corrected chi connectivity index (χ2v) is 9.31. The molecule has 0 radical (unpaired) electrons. The van der Waals surface area contributed by atoms with E-state index in [0.29, 0.717) is 0 Å². The Morgan fingerprint density at radius 3 is 2.06 bits per heavy atom. The van der Waals surface area contributed by atoms with Crippen molar-refractivity contribution in [3.8, 4) is 0 Å². The maximum absolute atomic E-state index is 2.67. The summed E-state index contributed by atoms with van der Waals surface area (Å²) in [5, 5.41) is 4.97. The van der Waals surface area contributed by atoms with Gasteiger partial charge in [0.2, 0.25) is 0 Å². The molecule has 100 valence electrons. The molecular formula is C15H32AlN. The van der Waals surface area contributed by atoms with Gasteiger partial charge in [-0.05, 0) is 38.9 Å². The lowest BCUT2D eigenvalue weighted by molar-refractivity contribution is 0.270. The fourth-order valence-electron chi connectivity index (χ4n) is 3.21. The van der Waals surface area contributed by atoms with E-state index in [1.165, 1.54) is 51.7 Å². The highest BCUT2D eigenvalue weighted by molar-refractivity contribution is 6.58. The van der Waals surface area contributed by atoms with Crippen molar-refractivity contribution in [2.75, 3.05) is 19.6 Å². The van der Waals surface area contributed by atoms with Crippen LogP contribution >= 0.6 is 0 Å². The largest absolute Gasteiger partial charge is 0.303 e. The van der Waals surface area contributed by atoms with Gasteiger partial charge in [-0.15, -0.1) is 0 Å². The Kier molecular flexibility index (Phi) is 9.53. The van der Waals surface area contributed by atoms with Crippen LogP contribution in [-0.4, -0.2) is 38.7 Å². The van der Waals surface area contributed by atoms with E-state index < -0.39 is 0 Å². The van der Waals surface area contributed by atoms with Crippen molar-refractivity contribution in [3.63, 3.8) is 0 Å². The van der Waals surface area contributed by atoms with Gasteiger partial charge in [0.15, 0.2) is 0 Å². The van der Waals surface area contributed by atoms with Crippen LogP contribution in [0.15, 0.2) is 0 Å². The average molecular weight is 253 g/mol. The maximum atomic E-state index is 2.67. The van der Waals surface area contributed by atoms with E-state index in [4.69, 9.17) is 0 Å². The molecule has 1 nitrogen and oxygen atoms in total. The van der Waals surface area contributed by atoms with Gasteiger partial charge in [-0.1, -0.05) is 55.4 Å². The Bertz CT molecular complexity index is 160. The van der Waals surface area contributed by atoms with Crippen LogP contribution < -0.4 is 0 Å². The number of hydrogen-bond donors (Lipinski definition) is 0. The van der Waals surface area contributed by atoms with E-state index in [9.17, 15) is 0 Å². The number of nitrogens with zero attached hydrogens (tertiary/aromatic N) is 1. The van der Waals surface area contributed by atoms with E-state index in [2.05, 4.69) is 18.7 Å². The van der Waals surface area contributed by atoms with Gasteiger partial charge in [0.1, 0.15) is 0 Å². The van der Waals surface area contributed by atoms with E-state index in [-0.39, 0.29) is 14.1 Å². The summed E-state index contributed by atoms with van der Waals surface area (Å²) in [7, 11) is 0. The fraction of sp³-hybridized carbons (Fsp3) is 1.00.